The molecule has 0 atom stereocenters. The van der Waals surface area contributed by atoms with E-state index >= 15 is 0 Å². The van der Waals surface area contributed by atoms with E-state index in [1.807, 2.05) is 6.92 Å². The third-order valence-electron chi connectivity index (χ3n) is 2.78. The topological polar surface area (TPSA) is 47.6 Å². The third kappa shape index (κ3) is 2.75. The maximum atomic E-state index is 11.7. The van der Waals surface area contributed by atoms with Crippen LogP contribution in [0, 0.1) is 5.41 Å². The molecule has 1 aliphatic rings. The van der Waals surface area contributed by atoms with Crippen molar-refractivity contribution < 1.29 is 14.3 Å². The lowest BCUT2D eigenvalue weighted by Gasteiger charge is -2.19. The summed E-state index contributed by atoms with van der Waals surface area (Å²) >= 11 is 0. The summed E-state index contributed by atoms with van der Waals surface area (Å²) in [5, 5.41) is 2.77. The highest BCUT2D eigenvalue weighted by Crippen LogP contribution is 2.34. The predicted molar refractivity (Wildman–Crippen MR) is 69.2 cm³/mol. The first-order chi connectivity index (χ1) is 8.52. The average molecular weight is 249 g/mol. The molecule has 0 fully saturated rings. The molecule has 0 bridgehead atoms. The lowest BCUT2D eigenvalue weighted by Crippen LogP contribution is -2.26. The number of carbonyl (C=O) groups is 1. The highest BCUT2D eigenvalue weighted by Gasteiger charge is 2.25. The third-order valence-corrected chi connectivity index (χ3v) is 2.78. The first-order valence-electron chi connectivity index (χ1n) is 6.20. The monoisotopic (exact) mass is 249 g/mol. The zero-order valence-electron chi connectivity index (χ0n) is 11.1. The van der Waals surface area contributed by atoms with Gasteiger partial charge in [0.2, 0.25) is 0 Å². The maximum absolute atomic E-state index is 11.7. The summed E-state index contributed by atoms with van der Waals surface area (Å²) in [7, 11) is 0. The van der Waals surface area contributed by atoms with Crippen LogP contribution in [0.4, 0.5) is 0 Å². The van der Waals surface area contributed by atoms with Crippen molar-refractivity contribution in [2.75, 3.05) is 19.8 Å². The molecule has 0 unspecified atom stereocenters. The molecule has 1 heterocycles. The number of rotatable bonds is 2. The molecule has 1 aromatic rings. The van der Waals surface area contributed by atoms with Crippen molar-refractivity contribution in [2.45, 2.75) is 20.8 Å². The van der Waals surface area contributed by atoms with E-state index in [4.69, 9.17) is 9.47 Å². The van der Waals surface area contributed by atoms with Gasteiger partial charge < -0.3 is 14.8 Å². The Labute approximate surface area is 107 Å². The maximum Gasteiger partial charge on any atom is 0.251 e. The molecule has 0 radical (unpaired) electrons. The number of benzene rings is 1. The van der Waals surface area contributed by atoms with Crippen LogP contribution in [0.15, 0.2) is 18.2 Å². The molecule has 2 rings (SSSR count). The van der Waals surface area contributed by atoms with Crippen molar-refractivity contribution in [1.82, 2.24) is 5.32 Å². The highest BCUT2D eigenvalue weighted by molar-refractivity contribution is 5.94. The summed E-state index contributed by atoms with van der Waals surface area (Å²) in [5.41, 5.74) is 0.573. The van der Waals surface area contributed by atoms with Crippen LogP contribution in [-0.4, -0.2) is 25.7 Å². The van der Waals surface area contributed by atoms with Crippen molar-refractivity contribution >= 4 is 5.91 Å². The summed E-state index contributed by atoms with van der Waals surface area (Å²) in [6, 6.07) is 5.29. The second kappa shape index (κ2) is 4.88. The fraction of sp³-hybridized carbons (Fsp3) is 0.500. The molecule has 1 aliphatic heterocycles. The minimum Gasteiger partial charge on any atom is -0.489 e. The van der Waals surface area contributed by atoms with E-state index in [0.29, 0.717) is 36.8 Å². The SMILES string of the molecule is CCNC(=O)c1ccc2c(c1)OCC(C)(C)CO2. The van der Waals surface area contributed by atoms with Gasteiger partial charge in [0.15, 0.2) is 11.5 Å². The summed E-state index contributed by atoms with van der Waals surface area (Å²) in [5.74, 6) is 1.25. The first-order valence-corrected chi connectivity index (χ1v) is 6.20. The Kier molecular flexibility index (Phi) is 3.45. The Bertz CT molecular complexity index is 454. The molecule has 0 spiro atoms. The van der Waals surface area contributed by atoms with Crippen molar-refractivity contribution in [3.8, 4) is 11.5 Å². The molecule has 1 aromatic carbocycles. The smallest absolute Gasteiger partial charge is 0.251 e. The second-order valence-electron chi connectivity index (χ2n) is 5.26. The fourth-order valence-electron chi connectivity index (χ4n) is 1.73. The van der Waals surface area contributed by atoms with E-state index < -0.39 is 0 Å². The van der Waals surface area contributed by atoms with Gasteiger partial charge in [-0.1, -0.05) is 13.8 Å². The number of hydrogen-bond acceptors (Lipinski definition) is 3. The lowest BCUT2D eigenvalue weighted by molar-refractivity contribution is 0.0955. The summed E-state index contributed by atoms with van der Waals surface area (Å²) in [4.78, 5) is 11.7. The molecule has 18 heavy (non-hydrogen) atoms. The highest BCUT2D eigenvalue weighted by atomic mass is 16.5. The average Bonchev–Trinajstić information content (AvgIpc) is 2.49. The van der Waals surface area contributed by atoms with Gasteiger partial charge in [-0.25, -0.2) is 0 Å². The molecule has 4 nitrogen and oxygen atoms in total. The van der Waals surface area contributed by atoms with Crippen molar-refractivity contribution in [1.29, 1.82) is 0 Å². The van der Waals surface area contributed by atoms with Crippen LogP contribution in [0.25, 0.3) is 0 Å². The fourth-order valence-corrected chi connectivity index (χ4v) is 1.73. The molecule has 0 saturated carbocycles. The molecule has 0 aromatic heterocycles. The minimum absolute atomic E-state index is 0.0230. The molecule has 4 heteroatoms. The Balaban J connectivity index is 2.23. The molecular formula is C14H19NO3. The van der Waals surface area contributed by atoms with E-state index in [-0.39, 0.29) is 11.3 Å². The van der Waals surface area contributed by atoms with E-state index in [1.165, 1.54) is 0 Å². The summed E-state index contributed by atoms with van der Waals surface area (Å²) < 4.78 is 11.4. The zero-order valence-corrected chi connectivity index (χ0v) is 11.1. The van der Waals surface area contributed by atoms with Gasteiger partial charge in [-0.15, -0.1) is 0 Å². The number of nitrogens with one attached hydrogen (secondary N) is 1. The molecular weight excluding hydrogens is 230 g/mol. The Morgan fingerprint density at radius 1 is 1.28 bits per heavy atom. The van der Waals surface area contributed by atoms with E-state index in [2.05, 4.69) is 19.2 Å². The Morgan fingerprint density at radius 3 is 2.61 bits per heavy atom. The van der Waals surface area contributed by atoms with Gasteiger partial charge in [0.1, 0.15) is 0 Å². The van der Waals surface area contributed by atoms with Crippen LogP contribution >= 0.6 is 0 Å². The molecule has 0 saturated heterocycles. The van der Waals surface area contributed by atoms with Crippen LogP contribution in [0.5, 0.6) is 11.5 Å². The van der Waals surface area contributed by atoms with Crippen LogP contribution in [0.1, 0.15) is 31.1 Å². The zero-order chi connectivity index (χ0) is 13.2. The normalized spacial score (nSPS) is 16.8. The van der Waals surface area contributed by atoms with Crippen molar-refractivity contribution in [3.63, 3.8) is 0 Å². The Morgan fingerprint density at radius 2 is 1.94 bits per heavy atom. The minimum atomic E-state index is -0.0904. The lowest BCUT2D eigenvalue weighted by atomic mass is 9.97. The summed E-state index contributed by atoms with van der Waals surface area (Å²) in [6.07, 6.45) is 0. The number of amides is 1. The van der Waals surface area contributed by atoms with Gasteiger partial charge in [-0.05, 0) is 25.1 Å². The Hall–Kier alpha value is -1.71. The largest absolute Gasteiger partial charge is 0.489 e. The van der Waals surface area contributed by atoms with Crippen LogP contribution in [0.2, 0.25) is 0 Å². The number of ether oxygens (including phenoxy) is 2. The first kappa shape index (κ1) is 12.7. The van der Waals surface area contributed by atoms with Crippen LogP contribution < -0.4 is 14.8 Å². The van der Waals surface area contributed by atoms with Gasteiger partial charge in [-0.3, -0.25) is 4.79 Å². The summed E-state index contributed by atoms with van der Waals surface area (Å²) in [6.45, 7) is 7.87. The second-order valence-corrected chi connectivity index (χ2v) is 5.26. The van der Waals surface area contributed by atoms with Crippen LogP contribution in [0.3, 0.4) is 0 Å². The van der Waals surface area contributed by atoms with E-state index in [1.54, 1.807) is 18.2 Å². The van der Waals surface area contributed by atoms with E-state index in [9.17, 15) is 4.79 Å². The number of fused-ring (bicyclic) bond motifs is 1. The van der Waals surface area contributed by atoms with Gasteiger partial charge in [0.05, 0.1) is 13.2 Å². The predicted octanol–water partition coefficient (Wildman–Crippen LogP) is 2.23. The van der Waals surface area contributed by atoms with Gasteiger partial charge in [0, 0.05) is 17.5 Å². The standard InChI is InChI=1S/C14H19NO3/c1-4-15-13(16)10-5-6-11-12(7-10)18-9-14(2,3)8-17-11/h5-7H,4,8-9H2,1-3H3,(H,15,16). The molecule has 1 amide bonds. The quantitative estimate of drug-likeness (QED) is 0.874. The van der Waals surface area contributed by atoms with Crippen molar-refractivity contribution in [3.05, 3.63) is 23.8 Å². The van der Waals surface area contributed by atoms with Gasteiger partial charge in [0.25, 0.3) is 5.91 Å². The number of hydrogen-bond donors (Lipinski definition) is 1. The van der Waals surface area contributed by atoms with E-state index in [0.717, 1.165) is 0 Å². The van der Waals surface area contributed by atoms with Crippen molar-refractivity contribution in [2.24, 2.45) is 5.41 Å². The number of carbonyl (C=O) groups excluding carboxylic acids is 1. The molecule has 0 aliphatic carbocycles. The molecule has 1 N–H and O–H groups in total. The van der Waals surface area contributed by atoms with Gasteiger partial charge in [-0.2, -0.15) is 0 Å². The van der Waals surface area contributed by atoms with Gasteiger partial charge >= 0.3 is 0 Å². The molecule has 98 valence electrons. The van der Waals surface area contributed by atoms with Crippen LogP contribution in [-0.2, 0) is 0 Å².